The van der Waals surface area contributed by atoms with Crippen LogP contribution in [-0.4, -0.2) is 24.1 Å². The highest BCUT2D eigenvalue weighted by atomic mass is 16.6. The van der Waals surface area contributed by atoms with Crippen molar-refractivity contribution >= 4 is 11.9 Å². The highest BCUT2D eigenvalue weighted by Crippen LogP contribution is 2.68. The number of fused-ring (bicyclic) bond motifs is 7. The number of hydrogen-bond donors (Lipinski definition) is 0. The van der Waals surface area contributed by atoms with Gasteiger partial charge in [-0.3, -0.25) is 9.59 Å². The lowest BCUT2D eigenvalue weighted by Gasteiger charge is -2.58. The number of hydrogen-bond acceptors (Lipinski definition) is 4. The van der Waals surface area contributed by atoms with Crippen LogP contribution in [-0.2, 0) is 19.1 Å². The van der Waals surface area contributed by atoms with E-state index < -0.39 is 0 Å². The summed E-state index contributed by atoms with van der Waals surface area (Å²) in [5.74, 6) is 2.42. The Morgan fingerprint density at radius 1 is 1.21 bits per heavy atom. The summed E-state index contributed by atoms with van der Waals surface area (Å²) in [4.78, 5) is 23.6. The van der Waals surface area contributed by atoms with Gasteiger partial charge < -0.3 is 9.47 Å². The van der Waals surface area contributed by atoms with Crippen molar-refractivity contribution in [3.63, 3.8) is 0 Å². The fourth-order valence-corrected chi connectivity index (χ4v) is 8.41. The lowest BCUT2D eigenvalue weighted by molar-refractivity contribution is -0.148. The third-order valence-electron chi connectivity index (χ3n) is 9.66. The van der Waals surface area contributed by atoms with Gasteiger partial charge in [0.1, 0.15) is 12.2 Å². The second-order valence-corrected chi connectivity index (χ2v) is 10.8. The number of carbonyl (C=O) groups excluding carboxylic acids is 2. The average molecular weight is 387 g/mol. The zero-order valence-corrected chi connectivity index (χ0v) is 17.7. The van der Waals surface area contributed by atoms with Crippen molar-refractivity contribution in [2.75, 3.05) is 0 Å². The Balaban J connectivity index is 1.42. The van der Waals surface area contributed by atoms with Crippen LogP contribution in [0.25, 0.3) is 0 Å². The van der Waals surface area contributed by atoms with Gasteiger partial charge in [-0.05, 0) is 67.1 Å². The highest BCUT2D eigenvalue weighted by molar-refractivity contribution is 5.75. The van der Waals surface area contributed by atoms with E-state index in [0.29, 0.717) is 23.7 Å². The molecule has 0 bridgehead atoms. The third kappa shape index (κ3) is 2.42. The van der Waals surface area contributed by atoms with Crippen molar-refractivity contribution in [1.82, 2.24) is 0 Å². The molecule has 0 amide bonds. The van der Waals surface area contributed by atoms with Crippen molar-refractivity contribution in [2.24, 2.45) is 40.4 Å². The van der Waals surface area contributed by atoms with E-state index in [-0.39, 0.29) is 40.9 Å². The van der Waals surface area contributed by atoms with Crippen LogP contribution in [0.3, 0.4) is 0 Å². The summed E-state index contributed by atoms with van der Waals surface area (Å²) >= 11 is 0. The van der Waals surface area contributed by atoms with E-state index in [1.807, 2.05) is 0 Å². The number of ether oxygens (including phenoxy) is 2. The van der Waals surface area contributed by atoms with Gasteiger partial charge >= 0.3 is 11.9 Å². The van der Waals surface area contributed by atoms with Gasteiger partial charge in [0.15, 0.2) is 0 Å². The lowest BCUT2D eigenvalue weighted by atomic mass is 9.47. The Hall–Kier alpha value is -1.32. The summed E-state index contributed by atoms with van der Waals surface area (Å²) in [6.07, 6.45) is 10.4. The molecular formula is C24H34O4. The van der Waals surface area contributed by atoms with E-state index in [2.05, 4.69) is 26.8 Å². The topological polar surface area (TPSA) is 52.6 Å². The molecule has 28 heavy (non-hydrogen) atoms. The molecule has 4 aliphatic carbocycles. The van der Waals surface area contributed by atoms with Crippen LogP contribution in [0.2, 0.25) is 0 Å². The molecule has 1 aliphatic heterocycles. The van der Waals surface area contributed by atoms with E-state index in [4.69, 9.17) is 9.47 Å². The maximum absolute atomic E-state index is 12.2. The fraction of sp³-hybridized carbons (Fsp3) is 0.833. The Bertz CT molecular complexity index is 741. The summed E-state index contributed by atoms with van der Waals surface area (Å²) in [6, 6.07) is 0. The van der Waals surface area contributed by atoms with Gasteiger partial charge in [-0.25, -0.2) is 0 Å². The zero-order valence-electron chi connectivity index (χ0n) is 17.7. The minimum Gasteiger partial charge on any atom is -0.462 e. The van der Waals surface area contributed by atoms with Crippen LogP contribution in [0.4, 0.5) is 0 Å². The molecule has 4 fully saturated rings. The van der Waals surface area contributed by atoms with Crippen molar-refractivity contribution in [3.05, 3.63) is 11.6 Å². The van der Waals surface area contributed by atoms with E-state index in [1.165, 1.54) is 25.3 Å². The molecule has 5 rings (SSSR count). The number of carbonyl (C=O) groups is 2. The molecule has 0 aromatic rings. The minimum atomic E-state index is -0.155. The first-order chi connectivity index (χ1) is 13.2. The minimum absolute atomic E-state index is 0.0263. The monoisotopic (exact) mass is 386 g/mol. The number of esters is 2. The Labute approximate surface area is 168 Å². The van der Waals surface area contributed by atoms with Crippen LogP contribution < -0.4 is 0 Å². The molecular weight excluding hydrogens is 352 g/mol. The van der Waals surface area contributed by atoms with Crippen molar-refractivity contribution in [1.29, 1.82) is 0 Å². The van der Waals surface area contributed by atoms with Crippen LogP contribution in [0.1, 0.15) is 72.6 Å². The molecule has 0 radical (unpaired) electrons. The number of allylic oxidation sites excluding steroid dienone is 1. The summed E-state index contributed by atoms with van der Waals surface area (Å²) in [5, 5.41) is 0. The first-order valence-electron chi connectivity index (χ1n) is 11.3. The molecule has 0 aromatic carbocycles. The molecule has 0 aromatic heterocycles. The Morgan fingerprint density at radius 3 is 2.75 bits per heavy atom. The third-order valence-corrected chi connectivity index (χ3v) is 9.66. The largest absolute Gasteiger partial charge is 0.462 e. The summed E-state index contributed by atoms with van der Waals surface area (Å²) < 4.78 is 11.4. The fourth-order valence-electron chi connectivity index (χ4n) is 8.41. The summed E-state index contributed by atoms with van der Waals surface area (Å²) in [6.45, 7) is 8.53. The van der Waals surface area contributed by atoms with Gasteiger partial charge in [0.25, 0.3) is 0 Å². The van der Waals surface area contributed by atoms with E-state index >= 15 is 0 Å². The molecule has 1 saturated heterocycles. The van der Waals surface area contributed by atoms with E-state index in [0.717, 1.165) is 32.1 Å². The average Bonchev–Trinajstić information content (AvgIpc) is 3.08. The van der Waals surface area contributed by atoms with Crippen molar-refractivity contribution < 1.29 is 19.1 Å². The Kier molecular flexibility index (Phi) is 4.07. The molecule has 1 heterocycles. The van der Waals surface area contributed by atoms with Crippen molar-refractivity contribution in [3.8, 4) is 0 Å². The molecule has 0 N–H and O–H groups in total. The summed E-state index contributed by atoms with van der Waals surface area (Å²) in [7, 11) is 0. The molecule has 2 unspecified atom stereocenters. The molecule has 154 valence electrons. The van der Waals surface area contributed by atoms with Crippen LogP contribution in [0, 0.1) is 40.4 Å². The van der Waals surface area contributed by atoms with Crippen LogP contribution in [0.5, 0.6) is 0 Å². The molecule has 4 nitrogen and oxygen atoms in total. The van der Waals surface area contributed by atoms with Crippen LogP contribution >= 0.6 is 0 Å². The van der Waals surface area contributed by atoms with Gasteiger partial charge in [-0.1, -0.05) is 32.4 Å². The van der Waals surface area contributed by atoms with Gasteiger partial charge in [0, 0.05) is 19.3 Å². The van der Waals surface area contributed by atoms with E-state index in [9.17, 15) is 9.59 Å². The highest BCUT2D eigenvalue weighted by Gasteiger charge is 2.65. The van der Waals surface area contributed by atoms with Gasteiger partial charge in [-0.2, -0.15) is 0 Å². The Morgan fingerprint density at radius 2 is 2.00 bits per heavy atom. The molecule has 0 spiro atoms. The predicted molar refractivity (Wildman–Crippen MR) is 105 cm³/mol. The normalized spacial score (nSPS) is 51.9. The van der Waals surface area contributed by atoms with Gasteiger partial charge in [0.2, 0.25) is 0 Å². The van der Waals surface area contributed by atoms with Crippen molar-refractivity contribution in [2.45, 2.75) is 84.8 Å². The molecule has 5 aliphatic rings. The maximum Gasteiger partial charge on any atom is 0.309 e. The first kappa shape index (κ1) is 18.7. The standard InChI is InChI=1S/C24H34O4/c1-13-21-20(28-22(13)26)12-19-17-6-5-15-11-16(27-14(2)25)7-9-23(15,3)18(17)8-10-24(19,21)4/h5,13,16-21H,6-12H2,1-4H3/t13-,16-,17+,18?,19?,20-,21-,23-,24-/m0/s1. The SMILES string of the molecule is CC(=O)O[C@H]1CC[C@@]2(C)C(=CC[C@@H]3C2CC[C@@]2(C)C3C[C@@H]3OC(=O)[C@@H](C)[C@@H]32)C1. The number of rotatable bonds is 1. The second kappa shape index (κ2) is 6.09. The zero-order chi connectivity index (χ0) is 19.8. The molecule has 4 heteroatoms. The van der Waals surface area contributed by atoms with Gasteiger partial charge in [-0.15, -0.1) is 0 Å². The first-order valence-corrected chi connectivity index (χ1v) is 11.3. The van der Waals surface area contributed by atoms with Gasteiger partial charge in [0.05, 0.1) is 5.92 Å². The molecule has 9 atom stereocenters. The predicted octanol–water partition coefficient (Wildman–Crippen LogP) is 4.67. The van der Waals surface area contributed by atoms with Crippen LogP contribution in [0.15, 0.2) is 11.6 Å². The summed E-state index contributed by atoms with van der Waals surface area (Å²) in [5.41, 5.74) is 2.03. The quantitative estimate of drug-likeness (QED) is 0.485. The smallest absolute Gasteiger partial charge is 0.309 e. The van der Waals surface area contributed by atoms with E-state index in [1.54, 1.807) is 0 Å². The lowest BCUT2D eigenvalue weighted by Crippen LogP contribution is -2.51. The molecule has 3 saturated carbocycles. The second-order valence-electron chi connectivity index (χ2n) is 10.8. The maximum atomic E-state index is 12.2.